The van der Waals surface area contributed by atoms with Gasteiger partial charge in [-0.2, -0.15) is 0 Å². The van der Waals surface area contributed by atoms with Crippen molar-refractivity contribution >= 4 is 0 Å². The number of ether oxygens (including phenoxy) is 2. The van der Waals surface area contributed by atoms with E-state index in [2.05, 4.69) is 0 Å². The van der Waals surface area contributed by atoms with Gasteiger partial charge in [-0.1, -0.05) is 0 Å². The van der Waals surface area contributed by atoms with Crippen molar-refractivity contribution in [1.29, 1.82) is 0 Å². The first-order chi connectivity index (χ1) is 7.63. The Morgan fingerprint density at radius 1 is 0.688 bits per heavy atom. The van der Waals surface area contributed by atoms with Gasteiger partial charge in [0.15, 0.2) is 0 Å². The molecule has 0 bridgehead atoms. The van der Waals surface area contributed by atoms with E-state index < -0.39 is 0 Å². The molecule has 0 aromatic carbocycles. The minimum atomic E-state index is 0.833. The molecule has 0 amide bonds. The molecular formula is C14H26O2. The lowest BCUT2D eigenvalue weighted by Crippen LogP contribution is -1.91. The molecule has 0 radical (unpaired) electrons. The number of hydrogen-bond donors (Lipinski definition) is 0. The first-order valence-electron chi connectivity index (χ1n) is 6.13. The zero-order valence-corrected chi connectivity index (χ0v) is 11.2. The highest BCUT2D eigenvalue weighted by Gasteiger charge is 1.90. The summed E-state index contributed by atoms with van der Waals surface area (Å²) in [7, 11) is 0. The maximum atomic E-state index is 5.35. The van der Waals surface area contributed by atoms with Crippen molar-refractivity contribution in [2.24, 2.45) is 0 Å². The Bertz CT molecular complexity index is 185. The molecule has 2 heteroatoms. The van der Waals surface area contributed by atoms with Crippen LogP contribution in [0.15, 0.2) is 23.7 Å². The van der Waals surface area contributed by atoms with Crippen molar-refractivity contribution in [3.05, 3.63) is 23.7 Å². The summed E-state index contributed by atoms with van der Waals surface area (Å²) in [6.07, 6.45) is 8.36. The number of hydrogen-bond acceptors (Lipinski definition) is 2. The fraction of sp³-hybridized carbons (Fsp3) is 0.714. The Morgan fingerprint density at radius 2 is 1.06 bits per heavy atom. The smallest absolute Gasteiger partial charge is 0.0873 e. The minimum Gasteiger partial charge on any atom is -0.501 e. The minimum absolute atomic E-state index is 0.833. The molecule has 0 aromatic rings. The largest absolute Gasteiger partial charge is 0.501 e. The molecular weight excluding hydrogens is 200 g/mol. The van der Waals surface area contributed by atoms with Gasteiger partial charge in [0.1, 0.15) is 0 Å². The molecule has 0 N–H and O–H groups in total. The number of unbranched alkanes of at least 4 members (excludes halogenated alkanes) is 3. The molecule has 0 unspecified atom stereocenters. The summed E-state index contributed by atoms with van der Waals surface area (Å²) in [4.78, 5) is 0. The molecule has 0 aliphatic carbocycles. The first-order valence-corrected chi connectivity index (χ1v) is 6.13. The van der Waals surface area contributed by atoms with E-state index in [1.165, 1.54) is 24.0 Å². The topological polar surface area (TPSA) is 18.5 Å². The van der Waals surface area contributed by atoms with Gasteiger partial charge in [0.05, 0.1) is 25.7 Å². The summed E-state index contributed by atoms with van der Waals surface area (Å²) in [5.41, 5.74) is 2.44. The average Bonchev–Trinajstić information content (AvgIpc) is 2.20. The Morgan fingerprint density at radius 3 is 1.38 bits per heavy atom. The van der Waals surface area contributed by atoms with Gasteiger partial charge >= 0.3 is 0 Å². The van der Waals surface area contributed by atoms with Crippen LogP contribution in [0, 0.1) is 0 Å². The van der Waals surface area contributed by atoms with Gasteiger partial charge in [-0.15, -0.1) is 0 Å². The monoisotopic (exact) mass is 226 g/mol. The van der Waals surface area contributed by atoms with Crippen LogP contribution in [0.1, 0.15) is 53.4 Å². The molecule has 0 fully saturated rings. The van der Waals surface area contributed by atoms with Crippen LogP contribution in [0.2, 0.25) is 0 Å². The van der Waals surface area contributed by atoms with Crippen LogP contribution in [0.25, 0.3) is 0 Å². The summed E-state index contributed by atoms with van der Waals surface area (Å²) in [5.74, 6) is 0. The third-order valence-corrected chi connectivity index (χ3v) is 1.91. The first kappa shape index (κ1) is 15.1. The van der Waals surface area contributed by atoms with Crippen molar-refractivity contribution in [1.82, 2.24) is 0 Å². The van der Waals surface area contributed by atoms with Gasteiger partial charge in [-0.25, -0.2) is 0 Å². The van der Waals surface area contributed by atoms with Gasteiger partial charge < -0.3 is 9.47 Å². The summed E-state index contributed by atoms with van der Waals surface area (Å²) < 4.78 is 10.7. The lowest BCUT2D eigenvalue weighted by atomic mass is 10.2. The molecule has 0 rings (SSSR count). The summed E-state index contributed by atoms with van der Waals surface area (Å²) >= 11 is 0. The highest BCUT2D eigenvalue weighted by molar-refractivity contribution is 4.86. The van der Waals surface area contributed by atoms with Crippen molar-refractivity contribution in [3.63, 3.8) is 0 Å². The fourth-order valence-electron chi connectivity index (χ4n) is 1.18. The quantitative estimate of drug-likeness (QED) is 0.428. The summed E-state index contributed by atoms with van der Waals surface area (Å²) in [5, 5.41) is 0. The van der Waals surface area contributed by atoms with E-state index in [1.807, 2.05) is 40.2 Å². The Kier molecular flexibility index (Phi) is 9.98. The summed E-state index contributed by atoms with van der Waals surface area (Å²) in [6.45, 7) is 9.84. The van der Waals surface area contributed by atoms with E-state index in [0.717, 1.165) is 26.1 Å². The molecule has 0 aliphatic rings. The predicted octanol–water partition coefficient (Wildman–Crippen LogP) is 4.43. The van der Waals surface area contributed by atoms with Crippen molar-refractivity contribution in [2.75, 3.05) is 13.2 Å². The second-order valence-electron chi connectivity index (χ2n) is 4.55. The number of allylic oxidation sites excluding steroid dienone is 2. The number of rotatable bonds is 9. The van der Waals surface area contributed by atoms with Crippen LogP contribution in [-0.4, -0.2) is 13.2 Å². The van der Waals surface area contributed by atoms with Gasteiger partial charge in [0, 0.05) is 0 Å². The van der Waals surface area contributed by atoms with Gasteiger partial charge in [0.25, 0.3) is 0 Å². The van der Waals surface area contributed by atoms with Crippen molar-refractivity contribution < 1.29 is 9.47 Å². The molecule has 16 heavy (non-hydrogen) atoms. The van der Waals surface area contributed by atoms with Crippen LogP contribution in [0.5, 0.6) is 0 Å². The average molecular weight is 226 g/mol. The lowest BCUT2D eigenvalue weighted by molar-refractivity contribution is 0.224. The second-order valence-corrected chi connectivity index (χ2v) is 4.55. The normalized spacial score (nSPS) is 9.50. The standard InChI is InChI=1S/C14H26O2/c1-13(2)11-15-9-7-5-6-8-10-16-12-14(3)4/h11-12H,5-10H2,1-4H3. The third-order valence-electron chi connectivity index (χ3n) is 1.91. The Balaban J connectivity index is 3.10. The van der Waals surface area contributed by atoms with Gasteiger partial charge in [-0.05, 0) is 64.5 Å². The van der Waals surface area contributed by atoms with Crippen molar-refractivity contribution in [2.45, 2.75) is 53.4 Å². The fourth-order valence-corrected chi connectivity index (χ4v) is 1.18. The molecule has 0 saturated heterocycles. The molecule has 0 atom stereocenters. The SMILES string of the molecule is CC(C)=COCCCCCCOC=C(C)C. The Labute approximate surface area is 100 Å². The van der Waals surface area contributed by atoms with E-state index in [-0.39, 0.29) is 0 Å². The van der Waals surface area contributed by atoms with Gasteiger partial charge in [0.2, 0.25) is 0 Å². The molecule has 94 valence electrons. The zero-order valence-electron chi connectivity index (χ0n) is 11.2. The third kappa shape index (κ3) is 13.1. The lowest BCUT2D eigenvalue weighted by Gasteiger charge is -2.03. The van der Waals surface area contributed by atoms with Crippen molar-refractivity contribution in [3.8, 4) is 0 Å². The van der Waals surface area contributed by atoms with Crippen LogP contribution in [-0.2, 0) is 9.47 Å². The highest BCUT2D eigenvalue weighted by Crippen LogP contribution is 2.02. The highest BCUT2D eigenvalue weighted by atomic mass is 16.5. The van der Waals surface area contributed by atoms with E-state index in [0.29, 0.717) is 0 Å². The van der Waals surface area contributed by atoms with Crippen LogP contribution >= 0.6 is 0 Å². The second kappa shape index (κ2) is 10.6. The van der Waals surface area contributed by atoms with Crippen LogP contribution in [0.4, 0.5) is 0 Å². The van der Waals surface area contributed by atoms with E-state index in [4.69, 9.17) is 9.47 Å². The maximum Gasteiger partial charge on any atom is 0.0873 e. The van der Waals surface area contributed by atoms with Crippen LogP contribution < -0.4 is 0 Å². The Hall–Kier alpha value is -0.920. The molecule has 0 aliphatic heterocycles. The molecule has 0 heterocycles. The summed E-state index contributed by atoms with van der Waals surface area (Å²) in [6, 6.07) is 0. The molecule has 0 saturated carbocycles. The van der Waals surface area contributed by atoms with E-state index in [1.54, 1.807) is 0 Å². The predicted molar refractivity (Wildman–Crippen MR) is 69.2 cm³/mol. The molecule has 0 spiro atoms. The molecule has 2 nitrogen and oxygen atoms in total. The van der Waals surface area contributed by atoms with E-state index in [9.17, 15) is 0 Å². The maximum absolute atomic E-state index is 5.35. The van der Waals surface area contributed by atoms with Crippen LogP contribution in [0.3, 0.4) is 0 Å². The molecule has 0 aromatic heterocycles. The van der Waals surface area contributed by atoms with E-state index >= 15 is 0 Å². The van der Waals surface area contributed by atoms with Gasteiger partial charge in [-0.3, -0.25) is 0 Å². The zero-order chi connectivity index (χ0) is 12.2.